The van der Waals surface area contributed by atoms with Crippen molar-refractivity contribution in [3.8, 4) is 0 Å². The molecule has 1 aromatic rings. The summed E-state index contributed by atoms with van der Waals surface area (Å²) in [5, 5.41) is 11.8. The van der Waals surface area contributed by atoms with Crippen LogP contribution in [0.4, 0.5) is 0 Å². The monoisotopic (exact) mass is 298 g/mol. The maximum atomic E-state index is 4.11. The van der Waals surface area contributed by atoms with Crippen molar-refractivity contribution in [1.82, 2.24) is 20.3 Å². The van der Waals surface area contributed by atoms with Crippen LogP contribution in [0.25, 0.3) is 0 Å². The van der Waals surface area contributed by atoms with E-state index in [1.54, 1.807) is 0 Å². The molecule has 0 radical (unpaired) electrons. The number of halogens is 1. The minimum atomic E-state index is 0.405. The summed E-state index contributed by atoms with van der Waals surface area (Å²) in [6.45, 7) is 3.16. The first-order chi connectivity index (χ1) is 8.20. The lowest BCUT2D eigenvalue weighted by Crippen LogP contribution is -2.29. The van der Waals surface area contributed by atoms with Gasteiger partial charge in [-0.25, -0.2) is 4.68 Å². The molecule has 0 aromatic carbocycles. The first-order valence-electron chi connectivity index (χ1n) is 6.49. The van der Waals surface area contributed by atoms with Crippen LogP contribution in [0, 0.1) is 17.8 Å². The average molecular weight is 299 g/mol. The molecule has 0 saturated heterocycles. The Morgan fingerprint density at radius 1 is 1.41 bits per heavy atom. The zero-order chi connectivity index (χ0) is 12.0. The minimum Gasteiger partial charge on any atom is -0.309 e. The van der Waals surface area contributed by atoms with E-state index in [4.69, 9.17) is 0 Å². The molecule has 2 aliphatic carbocycles. The highest BCUT2D eigenvalue weighted by atomic mass is 79.9. The first kappa shape index (κ1) is 11.7. The third-order valence-corrected chi connectivity index (χ3v) is 4.86. The van der Waals surface area contributed by atoms with Crippen molar-refractivity contribution < 1.29 is 0 Å². The van der Waals surface area contributed by atoms with Crippen LogP contribution in [-0.2, 0) is 7.05 Å². The molecule has 3 atom stereocenters. The van der Waals surface area contributed by atoms with E-state index in [0.29, 0.717) is 6.04 Å². The number of hydrogen-bond acceptors (Lipinski definition) is 3. The zero-order valence-corrected chi connectivity index (χ0v) is 11.9. The maximum absolute atomic E-state index is 4.11. The molecule has 94 valence electrons. The van der Waals surface area contributed by atoms with Gasteiger partial charge in [0.05, 0.1) is 11.7 Å². The molecule has 1 N–H and O–H groups in total. The van der Waals surface area contributed by atoms with Crippen LogP contribution >= 0.6 is 15.9 Å². The van der Waals surface area contributed by atoms with Gasteiger partial charge in [-0.05, 0) is 59.5 Å². The summed E-state index contributed by atoms with van der Waals surface area (Å²) in [6, 6.07) is 0.405. The number of aryl methyl sites for hydroxylation is 1. The molecule has 4 nitrogen and oxygen atoms in total. The lowest BCUT2D eigenvalue weighted by Gasteiger charge is -2.25. The van der Waals surface area contributed by atoms with Crippen molar-refractivity contribution >= 4 is 15.9 Å². The molecule has 1 aromatic heterocycles. The van der Waals surface area contributed by atoms with Crippen LogP contribution in [0.5, 0.6) is 0 Å². The fraction of sp³-hybridized carbons (Fsp3) is 0.833. The summed E-state index contributed by atoms with van der Waals surface area (Å²) in [4.78, 5) is 0. The van der Waals surface area contributed by atoms with Crippen molar-refractivity contribution in [2.24, 2.45) is 24.8 Å². The largest absolute Gasteiger partial charge is 0.309 e. The smallest absolute Gasteiger partial charge is 0.153 e. The van der Waals surface area contributed by atoms with Gasteiger partial charge in [-0.3, -0.25) is 0 Å². The van der Waals surface area contributed by atoms with E-state index in [9.17, 15) is 0 Å². The van der Waals surface area contributed by atoms with Gasteiger partial charge in [0.1, 0.15) is 0 Å². The van der Waals surface area contributed by atoms with Gasteiger partial charge in [0.25, 0.3) is 0 Å². The van der Waals surface area contributed by atoms with E-state index in [1.807, 2.05) is 11.7 Å². The second kappa shape index (κ2) is 4.35. The lowest BCUT2D eigenvalue weighted by atomic mass is 9.92. The normalized spacial score (nSPS) is 32.5. The molecule has 0 amide bonds. The lowest BCUT2D eigenvalue weighted by molar-refractivity contribution is 0.331. The molecule has 2 saturated carbocycles. The Kier molecular flexibility index (Phi) is 2.99. The number of fused-ring (bicyclic) bond motifs is 1. The molecular formula is C12H19BrN4. The quantitative estimate of drug-likeness (QED) is 0.927. The fourth-order valence-corrected chi connectivity index (χ4v) is 3.98. The summed E-state index contributed by atoms with van der Waals surface area (Å²) in [5.41, 5.74) is 1.21. The highest BCUT2D eigenvalue weighted by Crippen LogP contribution is 2.57. The van der Waals surface area contributed by atoms with Gasteiger partial charge in [0.2, 0.25) is 0 Å². The minimum absolute atomic E-state index is 0.405. The first-order valence-corrected chi connectivity index (χ1v) is 7.28. The van der Waals surface area contributed by atoms with Crippen molar-refractivity contribution in [3.63, 3.8) is 0 Å². The Labute approximate surface area is 110 Å². The van der Waals surface area contributed by atoms with E-state index in [1.165, 1.54) is 25.0 Å². The molecule has 2 fully saturated rings. The van der Waals surface area contributed by atoms with E-state index >= 15 is 0 Å². The Bertz CT molecular complexity index is 387. The van der Waals surface area contributed by atoms with Crippen molar-refractivity contribution in [1.29, 1.82) is 0 Å². The molecule has 3 rings (SSSR count). The topological polar surface area (TPSA) is 42.7 Å². The van der Waals surface area contributed by atoms with Crippen LogP contribution < -0.4 is 5.32 Å². The molecule has 1 heterocycles. The third kappa shape index (κ3) is 2.03. The van der Waals surface area contributed by atoms with E-state index < -0.39 is 0 Å². The van der Waals surface area contributed by atoms with Gasteiger partial charge in [0, 0.05) is 7.05 Å². The standard InChI is InChI=1S/C12H19BrN4/c1-3-14-10(9-5-7-4-8(7)6-9)11-12(13)15-16-17(11)2/h7-10,14H,3-6H2,1-2H3. The highest BCUT2D eigenvalue weighted by Gasteiger charge is 2.48. The van der Waals surface area contributed by atoms with Crippen LogP contribution in [0.3, 0.4) is 0 Å². The number of hydrogen-bond donors (Lipinski definition) is 1. The predicted molar refractivity (Wildman–Crippen MR) is 69.4 cm³/mol. The zero-order valence-electron chi connectivity index (χ0n) is 10.4. The van der Waals surface area contributed by atoms with Gasteiger partial charge in [-0.2, -0.15) is 0 Å². The molecule has 0 bridgehead atoms. The third-order valence-electron chi connectivity index (χ3n) is 4.30. The average Bonchev–Trinajstić information content (AvgIpc) is 2.77. The number of rotatable bonds is 4. The Hall–Kier alpha value is -0.420. The molecule has 5 heteroatoms. The van der Waals surface area contributed by atoms with Gasteiger partial charge >= 0.3 is 0 Å². The summed E-state index contributed by atoms with van der Waals surface area (Å²) in [6.07, 6.45) is 4.22. The van der Waals surface area contributed by atoms with Crippen molar-refractivity contribution in [2.75, 3.05) is 6.54 Å². The number of aromatic nitrogens is 3. The molecule has 17 heavy (non-hydrogen) atoms. The van der Waals surface area contributed by atoms with Gasteiger partial charge in [-0.1, -0.05) is 12.1 Å². The second-order valence-corrected chi connectivity index (χ2v) is 6.16. The van der Waals surface area contributed by atoms with E-state index in [0.717, 1.165) is 28.9 Å². The van der Waals surface area contributed by atoms with Crippen LogP contribution in [-0.4, -0.2) is 21.5 Å². The maximum Gasteiger partial charge on any atom is 0.153 e. The number of nitrogens with zero attached hydrogens (tertiary/aromatic N) is 3. The van der Waals surface area contributed by atoms with Crippen LogP contribution in [0.15, 0.2) is 4.60 Å². The summed E-state index contributed by atoms with van der Waals surface area (Å²) < 4.78 is 2.80. The summed E-state index contributed by atoms with van der Waals surface area (Å²) >= 11 is 3.53. The SMILES string of the molecule is CCNC(c1c(Br)nnn1C)C1CC2CC2C1. The van der Waals surface area contributed by atoms with Gasteiger partial charge in [0.15, 0.2) is 4.60 Å². The molecule has 3 unspecified atom stereocenters. The second-order valence-electron chi connectivity index (χ2n) is 5.41. The fourth-order valence-electron chi connectivity index (χ4n) is 3.41. The van der Waals surface area contributed by atoms with Gasteiger partial charge < -0.3 is 5.32 Å². The molecule has 0 spiro atoms. The molecule has 0 aliphatic heterocycles. The summed E-state index contributed by atoms with van der Waals surface area (Å²) in [7, 11) is 1.98. The highest BCUT2D eigenvalue weighted by molar-refractivity contribution is 9.10. The summed E-state index contributed by atoms with van der Waals surface area (Å²) in [5.74, 6) is 2.79. The molecule has 2 aliphatic rings. The van der Waals surface area contributed by atoms with Gasteiger partial charge in [-0.15, -0.1) is 5.10 Å². The van der Waals surface area contributed by atoms with Crippen molar-refractivity contribution in [2.45, 2.75) is 32.2 Å². The molecular weight excluding hydrogens is 280 g/mol. The van der Waals surface area contributed by atoms with E-state index in [-0.39, 0.29) is 0 Å². The van der Waals surface area contributed by atoms with Crippen LogP contribution in [0.2, 0.25) is 0 Å². The number of nitrogens with one attached hydrogen (secondary N) is 1. The Morgan fingerprint density at radius 2 is 2.12 bits per heavy atom. The predicted octanol–water partition coefficient (Wildman–Crippen LogP) is 2.27. The Morgan fingerprint density at radius 3 is 2.65 bits per heavy atom. The Balaban J connectivity index is 1.84. The van der Waals surface area contributed by atoms with E-state index in [2.05, 4.69) is 38.5 Å². The van der Waals surface area contributed by atoms with Crippen molar-refractivity contribution in [3.05, 3.63) is 10.3 Å². The van der Waals surface area contributed by atoms with Crippen LogP contribution in [0.1, 0.15) is 37.9 Å².